The lowest BCUT2D eigenvalue weighted by molar-refractivity contribution is 0.0687. The van der Waals surface area contributed by atoms with Crippen molar-refractivity contribution in [1.29, 1.82) is 0 Å². The fraction of sp³-hybridized carbons (Fsp3) is 0.400. The van der Waals surface area contributed by atoms with E-state index in [1.54, 1.807) is 0 Å². The SMILES string of the molecule is O=C(O)c1cccnc1OCC1CC1(F)F. The van der Waals surface area contributed by atoms with E-state index in [2.05, 4.69) is 4.98 Å². The van der Waals surface area contributed by atoms with Crippen LogP contribution >= 0.6 is 0 Å². The standard InChI is InChI=1S/C10H9F2NO3/c11-10(12)4-6(10)5-16-8-7(9(14)15)2-1-3-13-8/h1-3,6H,4-5H2,(H,14,15). The van der Waals surface area contributed by atoms with Crippen LogP contribution in [0.25, 0.3) is 0 Å². The first kappa shape index (κ1) is 10.8. The first-order valence-electron chi connectivity index (χ1n) is 4.69. The van der Waals surface area contributed by atoms with Gasteiger partial charge in [-0.3, -0.25) is 0 Å². The zero-order valence-corrected chi connectivity index (χ0v) is 8.19. The molecule has 0 saturated heterocycles. The largest absolute Gasteiger partial charge is 0.477 e. The molecule has 4 nitrogen and oxygen atoms in total. The van der Waals surface area contributed by atoms with Crippen LogP contribution in [0.15, 0.2) is 18.3 Å². The van der Waals surface area contributed by atoms with Crippen molar-refractivity contribution in [3.63, 3.8) is 0 Å². The third-order valence-electron chi connectivity index (χ3n) is 2.38. The Morgan fingerprint density at radius 1 is 1.69 bits per heavy atom. The van der Waals surface area contributed by atoms with Crippen molar-refractivity contribution >= 4 is 5.97 Å². The Kier molecular flexibility index (Phi) is 2.49. The quantitative estimate of drug-likeness (QED) is 0.855. The van der Waals surface area contributed by atoms with Gasteiger partial charge in [0.15, 0.2) is 0 Å². The van der Waals surface area contributed by atoms with Gasteiger partial charge in [-0.1, -0.05) is 0 Å². The highest BCUT2D eigenvalue weighted by Crippen LogP contribution is 2.48. The summed E-state index contributed by atoms with van der Waals surface area (Å²) in [7, 11) is 0. The number of ether oxygens (including phenoxy) is 1. The van der Waals surface area contributed by atoms with Gasteiger partial charge >= 0.3 is 5.97 Å². The summed E-state index contributed by atoms with van der Waals surface area (Å²) in [6.07, 6.45) is 1.15. The van der Waals surface area contributed by atoms with Gasteiger partial charge in [0, 0.05) is 12.6 Å². The average Bonchev–Trinajstić information content (AvgIpc) is 2.84. The van der Waals surface area contributed by atoms with Gasteiger partial charge in [-0.15, -0.1) is 0 Å². The molecule has 16 heavy (non-hydrogen) atoms. The van der Waals surface area contributed by atoms with Crippen molar-refractivity contribution in [3.8, 4) is 5.88 Å². The van der Waals surface area contributed by atoms with Crippen LogP contribution in [0.3, 0.4) is 0 Å². The fourth-order valence-corrected chi connectivity index (χ4v) is 1.30. The van der Waals surface area contributed by atoms with E-state index in [1.165, 1.54) is 18.3 Å². The Balaban J connectivity index is 2.02. The molecule has 2 rings (SSSR count). The van der Waals surface area contributed by atoms with Crippen molar-refractivity contribution < 1.29 is 23.4 Å². The molecule has 1 saturated carbocycles. The van der Waals surface area contributed by atoms with Gasteiger partial charge in [0.05, 0.1) is 12.5 Å². The monoisotopic (exact) mass is 229 g/mol. The maximum Gasteiger partial charge on any atom is 0.341 e. The second-order valence-electron chi connectivity index (χ2n) is 3.63. The van der Waals surface area contributed by atoms with Crippen LogP contribution in [0.5, 0.6) is 5.88 Å². The summed E-state index contributed by atoms with van der Waals surface area (Å²) in [5.41, 5.74) is -0.119. The van der Waals surface area contributed by atoms with Crippen LogP contribution in [0.4, 0.5) is 8.78 Å². The van der Waals surface area contributed by atoms with E-state index in [9.17, 15) is 13.6 Å². The number of aromatic carboxylic acids is 1. The molecule has 1 fully saturated rings. The van der Waals surface area contributed by atoms with Crippen LogP contribution in [-0.2, 0) is 0 Å². The maximum atomic E-state index is 12.5. The Morgan fingerprint density at radius 3 is 2.94 bits per heavy atom. The molecular formula is C10H9F2NO3. The van der Waals surface area contributed by atoms with Crippen LogP contribution in [0, 0.1) is 5.92 Å². The van der Waals surface area contributed by atoms with Gasteiger partial charge in [0.1, 0.15) is 5.56 Å². The zero-order valence-electron chi connectivity index (χ0n) is 8.19. The number of hydrogen-bond donors (Lipinski definition) is 1. The van der Waals surface area contributed by atoms with E-state index < -0.39 is 17.8 Å². The molecule has 1 aromatic heterocycles. The normalized spacial score (nSPS) is 21.5. The van der Waals surface area contributed by atoms with E-state index in [-0.39, 0.29) is 24.5 Å². The molecule has 0 spiro atoms. The van der Waals surface area contributed by atoms with Crippen LogP contribution in [0.2, 0.25) is 0 Å². The molecule has 1 aliphatic rings. The van der Waals surface area contributed by atoms with Gasteiger partial charge in [0.25, 0.3) is 5.92 Å². The van der Waals surface area contributed by atoms with Crippen LogP contribution < -0.4 is 4.74 Å². The molecule has 1 aromatic rings. The lowest BCUT2D eigenvalue weighted by Gasteiger charge is -2.06. The Labute approximate surface area is 89.9 Å². The predicted octanol–water partition coefficient (Wildman–Crippen LogP) is 1.81. The third-order valence-corrected chi connectivity index (χ3v) is 2.38. The number of rotatable bonds is 4. The van der Waals surface area contributed by atoms with Gasteiger partial charge < -0.3 is 9.84 Å². The Bertz CT molecular complexity index is 422. The molecule has 0 amide bonds. The minimum atomic E-state index is -2.67. The molecular weight excluding hydrogens is 220 g/mol. The molecule has 0 aliphatic heterocycles. The number of halogens is 2. The smallest absolute Gasteiger partial charge is 0.341 e. The van der Waals surface area contributed by atoms with E-state index in [0.29, 0.717) is 0 Å². The fourth-order valence-electron chi connectivity index (χ4n) is 1.30. The van der Waals surface area contributed by atoms with Gasteiger partial charge in [-0.05, 0) is 12.1 Å². The number of carboxylic acid groups (broad SMARTS) is 1. The number of hydrogen-bond acceptors (Lipinski definition) is 3. The molecule has 86 valence electrons. The maximum absolute atomic E-state index is 12.5. The number of aromatic nitrogens is 1. The van der Waals surface area contributed by atoms with Gasteiger partial charge in [0.2, 0.25) is 5.88 Å². The topological polar surface area (TPSA) is 59.4 Å². The van der Waals surface area contributed by atoms with Crippen molar-refractivity contribution in [1.82, 2.24) is 4.98 Å². The molecule has 0 bridgehead atoms. The molecule has 1 N–H and O–H groups in total. The third kappa shape index (κ3) is 2.10. The number of carbonyl (C=O) groups is 1. The highest BCUT2D eigenvalue weighted by molar-refractivity contribution is 5.90. The lowest BCUT2D eigenvalue weighted by atomic mass is 10.3. The second kappa shape index (κ2) is 3.70. The number of alkyl halides is 2. The summed E-state index contributed by atoms with van der Waals surface area (Å²) >= 11 is 0. The molecule has 6 heteroatoms. The van der Waals surface area contributed by atoms with Gasteiger partial charge in [-0.2, -0.15) is 0 Å². The summed E-state index contributed by atoms with van der Waals surface area (Å²) in [5, 5.41) is 8.78. The van der Waals surface area contributed by atoms with Crippen molar-refractivity contribution in [3.05, 3.63) is 23.9 Å². The summed E-state index contributed by atoms with van der Waals surface area (Å²) in [6.45, 7) is -0.204. The van der Waals surface area contributed by atoms with E-state index in [0.717, 1.165) is 0 Å². The van der Waals surface area contributed by atoms with Crippen molar-refractivity contribution in [2.24, 2.45) is 5.92 Å². The van der Waals surface area contributed by atoms with Crippen molar-refractivity contribution in [2.45, 2.75) is 12.3 Å². The number of nitrogens with zero attached hydrogens (tertiary/aromatic N) is 1. The summed E-state index contributed by atoms with van der Waals surface area (Å²) in [4.78, 5) is 14.4. The molecule has 1 aliphatic carbocycles. The lowest BCUT2D eigenvalue weighted by Crippen LogP contribution is -2.09. The summed E-state index contributed by atoms with van der Waals surface area (Å²) in [5.74, 6) is -4.79. The predicted molar refractivity (Wildman–Crippen MR) is 49.7 cm³/mol. The average molecular weight is 229 g/mol. The van der Waals surface area contributed by atoms with Gasteiger partial charge in [-0.25, -0.2) is 18.6 Å². The zero-order chi connectivity index (χ0) is 11.8. The molecule has 1 unspecified atom stereocenters. The minimum absolute atomic E-state index is 0.113. The minimum Gasteiger partial charge on any atom is -0.477 e. The summed E-state index contributed by atoms with van der Waals surface area (Å²) in [6, 6.07) is 2.76. The number of pyridine rings is 1. The van der Waals surface area contributed by atoms with E-state index in [1.807, 2.05) is 0 Å². The molecule has 0 aromatic carbocycles. The van der Waals surface area contributed by atoms with Crippen LogP contribution in [-0.4, -0.2) is 28.6 Å². The van der Waals surface area contributed by atoms with Crippen LogP contribution in [0.1, 0.15) is 16.8 Å². The summed E-state index contributed by atoms with van der Waals surface area (Å²) < 4.78 is 30.1. The van der Waals surface area contributed by atoms with Crippen molar-refractivity contribution in [2.75, 3.05) is 6.61 Å². The number of carboxylic acids is 1. The van der Waals surface area contributed by atoms with E-state index in [4.69, 9.17) is 9.84 Å². The molecule has 1 heterocycles. The second-order valence-corrected chi connectivity index (χ2v) is 3.63. The Hall–Kier alpha value is -1.72. The van der Waals surface area contributed by atoms with E-state index >= 15 is 0 Å². The first-order valence-corrected chi connectivity index (χ1v) is 4.69. The molecule has 0 radical (unpaired) electrons. The highest BCUT2D eigenvalue weighted by Gasteiger charge is 2.57. The first-order chi connectivity index (χ1) is 7.50. The molecule has 1 atom stereocenters. The highest BCUT2D eigenvalue weighted by atomic mass is 19.3. The Morgan fingerprint density at radius 2 is 2.38 bits per heavy atom.